The normalized spacial score (nSPS) is 12.8. The van der Waals surface area contributed by atoms with Crippen LogP contribution in [0.3, 0.4) is 0 Å². The Hall–Kier alpha value is -2.53. The molecule has 2 N–H and O–H groups in total. The van der Waals surface area contributed by atoms with Crippen molar-refractivity contribution < 1.29 is 17.9 Å². The molecule has 3 rings (SSSR count). The fraction of sp³-hybridized carbons (Fsp3) is 0.381. The smallest absolute Gasteiger partial charge is 0.225 e. The van der Waals surface area contributed by atoms with E-state index in [-0.39, 0.29) is 6.04 Å². The van der Waals surface area contributed by atoms with Gasteiger partial charge in [0.25, 0.3) is 0 Å². The van der Waals surface area contributed by atoms with Crippen molar-refractivity contribution in [3.05, 3.63) is 46.7 Å². The minimum Gasteiger partial charge on any atom is -0.363 e. The maximum Gasteiger partial charge on any atom is 0.225 e. The summed E-state index contributed by atoms with van der Waals surface area (Å²) in [4.78, 5) is 13.5. The molecule has 0 fully saturated rings. The first-order valence-corrected chi connectivity index (χ1v) is 12.1. The van der Waals surface area contributed by atoms with Crippen LogP contribution in [0.2, 0.25) is 5.15 Å². The Morgan fingerprint density at radius 1 is 1.19 bits per heavy atom. The maximum atomic E-state index is 12.1. The number of methoxy groups -OCH3 is 2. The van der Waals surface area contributed by atoms with Gasteiger partial charge in [-0.25, -0.2) is 18.4 Å². The average molecular weight is 480 g/mol. The number of pyridine rings is 1. The van der Waals surface area contributed by atoms with Gasteiger partial charge >= 0.3 is 0 Å². The van der Waals surface area contributed by atoms with E-state index in [4.69, 9.17) is 21.1 Å². The van der Waals surface area contributed by atoms with Crippen LogP contribution in [0.5, 0.6) is 0 Å². The third-order valence-electron chi connectivity index (χ3n) is 5.05. The lowest BCUT2D eigenvalue weighted by atomic mass is 10.0. The number of rotatable bonds is 9. The minimum atomic E-state index is -3.34. The lowest BCUT2D eigenvalue weighted by molar-refractivity contribution is -0.0914. The summed E-state index contributed by atoms with van der Waals surface area (Å²) in [6, 6.07) is 6.66. The van der Waals surface area contributed by atoms with Crippen LogP contribution >= 0.6 is 11.6 Å². The number of halogens is 1. The topological polar surface area (TPSA) is 115 Å². The number of nitrogens with zero attached hydrogens (tertiary/aromatic N) is 3. The first-order chi connectivity index (χ1) is 15.1. The van der Waals surface area contributed by atoms with Gasteiger partial charge in [-0.2, -0.15) is 4.98 Å². The lowest BCUT2D eigenvalue weighted by Crippen LogP contribution is -2.24. The Labute approximate surface area is 192 Å². The van der Waals surface area contributed by atoms with Crippen LogP contribution in [0.25, 0.3) is 10.9 Å². The number of anilines is 2. The predicted octanol–water partition coefficient (Wildman–Crippen LogP) is 3.59. The van der Waals surface area contributed by atoms with Crippen molar-refractivity contribution >= 4 is 44.1 Å². The van der Waals surface area contributed by atoms with Crippen LogP contribution in [-0.2, 0) is 19.3 Å². The maximum absolute atomic E-state index is 12.1. The fourth-order valence-electron chi connectivity index (χ4n) is 3.42. The molecule has 0 unspecified atom stereocenters. The number of fused-ring (bicyclic) bond motifs is 1. The summed E-state index contributed by atoms with van der Waals surface area (Å²) in [5, 5.41) is 7.46. The lowest BCUT2D eigenvalue weighted by Gasteiger charge is -2.20. The molecule has 172 valence electrons. The van der Waals surface area contributed by atoms with E-state index in [1.807, 2.05) is 13.0 Å². The summed E-state index contributed by atoms with van der Waals surface area (Å²) >= 11 is 6.11. The monoisotopic (exact) mass is 479 g/mol. The molecule has 0 aliphatic heterocycles. The van der Waals surface area contributed by atoms with E-state index >= 15 is 0 Å². The van der Waals surface area contributed by atoms with Crippen molar-refractivity contribution in [2.75, 3.05) is 37.7 Å². The number of sulfone groups is 1. The highest BCUT2D eigenvalue weighted by molar-refractivity contribution is 7.90. The Bertz CT molecular complexity index is 1220. The summed E-state index contributed by atoms with van der Waals surface area (Å²) < 4.78 is 34.6. The van der Waals surface area contributed by atoms with Crippen molar-refractivity contribution in [1.82, 2.24) is 15.0 Å². The second kappa shape index (κ2) is 9.95. The third-order valence-corrected chi connectivity index (χ3v) is 6.49. The van der Waals surface area contributed by atoms with E-state index in [1.54, 1.807) is 45.5 Å². The summed E-state index contributed by atoms with van der Waals surface area (Å²) in [5.41, 5.74) is 2.12. The van der Waals surface area contributed by atoms with Crippen molar-refractivity contribution in [3.8, 4) is 0 Å². The predicted molar refractivity (Wildman–Crippen MR) is 125 cm³/mol. The highest BCUT2D eigenvalue weighted by Crippen LogP contribution is 2.30. The summed E-state index contributed by atoms with van der Waals surface area (Å²) in [5.74, 6) is 0.891. The number of aromatic nitrogens is 3. The molecule has 2 aromatic heterocycles. The number of nitrogens with one attached hydrogen (secondary N) is 2. The summed E-state index contributed by atoms with van der Waals surface area (Å²) in [7, 11) is -0.250. The number of hydrogen-bond donors (Lipinski definition) is 2. The molecule has 0 aliphatic rings. The minimum absolute atomic E-state index is 0.250. The van der Waals surface area contributed by atoms with Gasteiger partial charge in [0, 0.05) is 25.9 Å². The molecular formula is C21H26ClN5O4S. The van der Waals surface area contributed by atoms with Crippen LogP contribution in [0, 0.1) is 6.92 Å². The van der Waals surface area contributed by atoms with Gasteiger partial charge in [0.15, 0.2) is 16.1 Å². The molecule has 1 aromatic carbocycles. The molecule has 0 saturated heterocycles. The Morgan fingerprint density at radius 3 is 2.56 bits per heavy atom. The summed E-state index contributed by atoms with van der Waals surface area (Å²) in [6.45, 7) is 4.07. The number of hydrogen-bond acceptors (Lipinski definition) is 9. The van der Waals surface area contributed by atoms with Crippen LogP contribution in [-0.4, -0.2) is 56.7 Å². The van der Waals surface area contributed by atoms with E-state index in [2.05, 4.69) is 25.6 Å². The first-order valence-electron chi connectivity index (χ1n) is 9.83. The van der Waals surface area contributed by atoms with Crippen molar-refractivity contribution in [3.63, 3.8) is 0 Å². The van der Waals surface area contributed by atoms with Gasteiger partial charge in [-0.1, -0.05) is 23.7 Å². The molecule has 1 atom stereocenters. The van der Waals surface area contributed by atoms with Gasteiger partial charge in [-0.3, -0.25) is 0 Å². The van der Waals surface area contributed by atoms with E-state index in [9.17, 15) is 8.42 Å². The van der Waals surface area contributed by atoms with Gasteiger partial charge in [-0.05, 0) is 37.1 Å². The van der Waals surface area contributed by atoms with Crippen LogP contribution in [0.4, 0.5) is 11.8 Å². The molecule has 11 heteroatoms. The van der Waals surface area contributed by atoms with Crippen molar-refractivity contribution in [1.29, 1.82) is 0 Å². The Kier molecular flexibility index (Phi) is 7.50. The zero-order chi connectivity index (χ0) is 23.5. The Morgan fingerprint density at radius 2 is 1.91 bits per heavy atom. The molecule has 0 aliphatic carbocycles. The molecule has 9 nitrogen and oxygen atoms in total. The molecular weight excluding hydrogens is 454 g/mol. The van der Waals surface area contributed by atoms with Gasteiger partial charge in [-0.15, -0.1) is 0 Å². The zero-order valence-corrected chi connectivity index (χ0v) is 20.1. The second-order valence-electron chi connectivity index (χ2n) is 7.31. The summed E-state index contributed by atoms with van der Waals surface area (Å²) in [6.07, 6.45) is 2.31. The largest absolute Gasteiger partial charge is 0.363 e. The Balaban J connectivity index is 1.99. The van der Waals surface area contributed by atoms with Gasteiger partial charge in [0.1, 0.15) is 11.0 Å². The van der Waals surface area contributed by atoms with E-state index in [1.165, 1.54) is 6.26 Å². The second-order valence-corrected chi connectivity index (χ2v) is 9.68. The van der Waals surface area contributed by atoms with Crippen molar-refractivity contribution in [2.24, 2.45) is 0 Å². The fourth-order valence-corrected chi connectivity index (χ4v) is 4.58. The SMILES string of the molecule is COC(CNc1nc(N[C@H](C)c2cccc(S(C)(=O)=O)c2C)c2cc(Cl)ncc2n1)OC. The van der Waals surface area contributed by atoms with Gasteiger partial charge in [0.05, 0.1) is 29.2 Å². The van der Waals surface area contributed by atoms with Crippen LogP contribution < -0.4 is 10.6 Å². The highest BCUT2D eigenvalue weighted by atomic mass is 35.5. The number of ether oxygens (including phenoxy) is 2. The molecule has 3 aromatic rings. The van der Waals surface area contributed by atoms with Gasteiger partial charge < -0.3 is 20.1 Å². The molecule has 32 heavy (non-hydrogen) atoms. The first kappa shape index (κ1) is 24.1. The zero-order valence-electron chi connectivity index (χ0n) is 18.5. The molecule has 0 radical (unpaired) electrons. The molecule has 0 amide bonds. The van der Waals surface area contributed by atoms with Crippen LogP contribution in [0.1, 0.15) is 24.1 Å². The molecule has 0 saturated carbocycles. The molecule has 2 heterocycles. The third kappa shape index (κ3) is 5.44. The van der Waals surface area contributed by atoms with E-state index in [0.717, 1.165) is 5.56 Å². The molecule has 0 bridgehead atoms. The van der Waals surface area contributed by atoms with Gasteiger partial charge in [0.2, 0.25) is 5.95 Å². The standard InChI is InChI=1S/C21H26ClN5O4S/c1-12-14(7-6-8-17(12)32(5,28)29)13(2)25-20-15-9-18(22)23-10-16(15)26-21(27-20)24-11-19(30-3)31-4/h6-10,13,19H,11H2,1-5H3,(H2,24,25,26,27)/t13-/m1/s1. The average Bonchev–Trinajstić information content (AvgIpc) is 2.74. The molecule has 0 spiro atoms. The quantitative estimate of drug-likeness (QED) is 0.350. The number of benzene rings is 1. The van der Waals surface area contributed by atoms with E-state index in [0.29, 0.717) is 44.8 Å². The highest BCUT2D eigenvalue weighted by Gasteiger charge is 2.19. The van der Waals surface area contributed by atoms with Crippen molar-refractivity contribution in [2.45, 2.75) is 31.1 Å². The van der Waals surface area contributed by atoms with Crippen LogP contribution in [0.15, 0.2) is 35.4 Å². The van der Waals surface area contributed by atoms with E-state index < -0.39 is 16.1 Å².